The Morgan fingerprint density at radius 2 is 1.78 bits per heavy atom. The maximum absolute atomic E-state index is 13.3. The van der Waals surface area contributed by atoms with Crippen molar-refractivity contribution in [1.29, 1.82) is 0 Å². The Bertz CT molecular complexity index is 1160. The van der Waals surface area contributed by atoms with Crippen LogP contribution < -0.4 is 5.32 Å². The molecule has 0 saturated heterocycles. The van der Waals surface area contributed by atoms with Crippen molar-refractivity contribution >= 4 is 34.8 Å². The molecule has 3 rings (SSSR count). The summed E-state index contributed by atoms with van der Waals surface area (Å²) in [6.07, 6.45) is -6.38. The van der Waals surface area contributed by atoms with Crippen molar-refractivity contribution in [3.05, 3.63) is 62.4 Å². The molecular weight excluding hydrogens is 480 g/mol. The largest absolute Gasteiger partial charge is 0.321 e. The highest BCUT2D eigenvalue weighted by atomic mass is 35.5. The van der Waals surface area contributed by atoms with Crippen molar-refractivity contribution in [3.63, 3.8) is 0 Å². The standard InChI is InChI=1S/C19H16Cl2F5N5O/c1-8-15(9(2)30(28-8)6-10-3-4-11(22)5-12(10)20)27-13(32)7-31-17(19(25)26)14(21)16(29-31)18(23)24/h3-5,18-19H,6-7H2,1-2H3,(H,27,32). The van der Waals surface area contributed by atoms with Gasteiger partial charge < -0.3 is 5.32 Å². The number of rotatable bonds is 7. The van der Waals surface area contributed by atoms with Crippen molar-refractivity contribution in [2.24, 2.45) is 0 Å². The Balaban J connectivity index is 1.81. The molecule has 0 saturated carbocycles. The molecule has 0 aliphatic carbocycles. The summed E-state index contributed by atoms with van der Waals surface area (Å²) in [6, 6.07) is 3.91. The van der Waals surface area contributed by atoms with Gasteiger partial charge in [0.15, 0.2) is 0 Å². The number of nitrogens with zero attached hydrogens (tertiary/aromatic N) is 4. The summed E-state index contributed by atoms with van der Waals surface area (Å²) >= 11 is 11.6. The van der Waals surface area contributed by atoms with Crippen molar-refractivity contribution < 1.29 is 26.7 Å². The normalized spacial score (nSPS) is 11.6. The third-order valence-electron chi connectivity index (χ3n) is 4.64. The lowest BCUT2D eigenvalue weighted by molar-refractivity contribution is -0.117. The van der Waals surface area contributed by atoms with Crippen LogP contribution in [0.25, 0.3) is 0 Å². The Morgan fingerprint density at radius 3 is 2.38 bits per heavy atom. The van der Waals surface area contributed by atoms with Crippen LogP contribution in [0.2, 0.25) is 10.0 Å². The van der Waals surface area contributed by atoms with Gasteiger partial charge in [0, 0.05) is 5.02 Å². The van der Waals surface area contributed by atoms with E-state index in [-0.39, 0.29) is 11.6 Å². The molecule has 2 aromatic heterocycles. The number of halogens is 7. The van der Waals surface area contributed by atoms with Gasteiger partial charge >= 0.3 is 0 Å². The molecule has 3 aromatic rings. The fourth-order valence-electron chi connectivity index (χ4n) is 3.10. The van der Waals surface area contributed by atoms with Gasteiger partial charge in [0.25, 0.3) is 12.9 Å². The first kappa shape index (κ1) is 24.0. The summed E-state index contributed by atoms with van der Waals surface area (Å²) < 4.78 is 67.7. The van der Waals surface area contributed by atoms with E-state index in [2.05, 4.69) is 15.5 Å². The second-order valence-electron chi connectivity index (χ2n) is 6.83. The molecule has 0 fully saturated rings. The molecule has 0 unspecified atom stereocenters. The molecule has 2 heterocycles. The highest BCUT2D eigenvalue weighted by molar-refractivity contribution is 6.32. The minimum absolute atomic E-state index is 0.184. The zero-order valence-corrected chi connectivity index (χ0v) is 18.2. The molecule has 0 bridgehead atoms. The zero-order valence-electron chi connectivity index (χ0n) is 16.6. The molecule has 1 N–H and O–H groups in total. The number of hydrogen-bond acceptors (Lipinski definition) is 3. The van der Waals surface area contributed by atoms with E-state index in [0.717, 1.165) is 6.07 Å². The summed E-state index contributed by atoms with van der Waals surface area (Å²) in [7, 11) is 0. The first-order chi connectivity index (χ1) is 15.0. The zero-order chi connectivity index (χ0) is 23.7. The van der Waals surface area contributed by atoms with E-state index >= 15 is 0 Å². The van der Waals surface area contributed by atoms with E-state index in [0.29, 0.717) is 27.3 Å². The number of hydrogen-bond donors (Lipinski definition) is 1. The number of aromatic nitrogens is 4. The van der Waals surface area contributed by atoms with E-state index < -0.39 is 47.5 Å². The molecule has 6 nitrogen and oxygen atoms in total. The molecule has 1 amide bonds. The highest BCUT2D eigenvalue weighted by Gasteiger charge is 2.29. The molecule has 1 aromatic carbocycles. The summed E-state index contributed by atoms with van der Waals surface area (Å²) in [5, 5.41) is 9.52. The van der Waals surface area contributed by atoms with Crippen LogP contribution in [0.1, 0.15) is 41.2 Å². The maximum Gasteiger partial charge on any atom is 0.283 e. The lowest BCUT2D eigenvalue weighted by Crippen LogP contribution is -2.22. The second kappa shape index (κ2) is 9.45. The van der Waals surface area contributed by atoms with E-state index in [1.165, 1.54) is 16.8 Å². The Hall–Kier alpha value is -2.66. The number of aryl methyl sites for hydroxylation is 1. The van der Waals surface area contributed by atoms with Crippen LogP contribution in [0, 0.1) is 19.7 Å². The van der Waals surface area contributed by atoms with Crippen LogP contribution >= 0.6 is 23.2 Å². The minimum Gasteiger partial charge on any atom is -0.321 e. The van der Waals surface area contributed by atoms with E-state index in [1.807, 2.05) is 0 Å². The predicted molar refractivity (Wildman–Crippen MR) is 108 cm³/mol. The number of anilines is 1. The molecule has 0 radical (unpaired) electrons. The average Bonchev–Trinajstić information content (AvgIpc) is 3.15. The van der Waals surface area contributed by atoms with Crippen molar-refractivity contribution in [1.82, 2.24) is 19.6 Å². The number of carbonyl (C=O) groups is 1. The molecule has 0 aliphatic heterocycles. The fraction of sp³-hybridized carbons (Fsp3) is 0.316. The third kappa shape index (κ3) is 4.88. The van der Waals surface area contributed by atoms with Crippen LogP contribution in [0.4, 0.5) is 27.6 Å². The molecule has 0 aliphatic rings. The van der Waals surface area contributed by atoms with Gasteiger partial charge in [-0.2, -0.15) is 10.2 Å². The van der Waals surface area contributed by atoms with E-state index in [9.17, 15) is 26.7 Å². The Kier molecular flexibility index (Phi) is 7.09. The number of nitrogens with one attached hydrogen (secondary N) is 1. The smallest absolute Gasteiger partial charge is 0.283 e. The van der Waals surface area contributed by atoms with Gasteiger partial charge in [-0.1, -0.05) is 29.3 Å². The van der Waals surface area contributed by atoms with Gasteiger partial charge in [0.1, 0.15) is 23.7 Å². The van der Waals surface area contributed by atoms with Crippen LogP contribution in [-0.2, 0) is 17.9 Å². The van der Waals surface area contributed by atoms with Crippen molar-refractivity contribution in [3.8, 4) is 0 Å². The minimum atomic E-state index is -3.21. The highest BCUT2D eigenvalue weighted by Crippen LogP contribution is 2.34. The lowest BCUT2D eigenvalue weighted by atomic mass is 10.2. The fourth-order valence-corrected chi connectivity index (χ4v) is 3.63. The lowest BCUT2D eigenvalue weighted by Gasteiger charge is -2.10. The van der Waals surface area contributed by atoms with Gasteiger partial charge in [-0.3, -0.25) is 14.2 Å². The Morgan fingerprint density at radius 1 is 1.09 bits per heavy atom. The number of amides is 1. The molecular formula is C19H16Cl2F5N5O. The van der Waals surface area contributed by atoms with Crippen LogP contribution in [0.3, 0.4) is 0 Å². The second-order valence-corrected chi connectivity index (χ2v) is 7.62. The van der Waals surface area contributed by atoms with Crippen LogP contribution in [-0.4, -0.2) is 25.5 Å². The van der Waals surface area contributed by atoms with Crippen LogP contribution in [0.5, 0.6) is 0 Å². The van der Waals surface area contributed by atoms with Crippen molar-refractivity contribution in [2.45, 2.75) is 39.8 Å². The molecule has 0 atom stereocenters. The Labute approximate surface area is 188 Å². The summed E-state index contributed by atoms with van der Waals surface area (Å²) in [6.45, 7) is 2.68. The van der Waals surface area contributed by atoms with Gasteiger partial charge in [-0.15, -0.1) is 0 Å². The van der Waals surface area contributed by atoms with E-state index in [1.54, 1.807) is 13.8 Å². The number of alkyl halides is 4. The van der Waals surface area contributed by atoms with Gasteiger partial charge in [0.2, 0.25) is 5.91 Å². The molecule has 0 spiro atoms. The number of benzene rings is 1. The van der Waals surface area contributed by atoms with Gasteiger partial charge in [0.05, 0.1) is 28.6 Å². The average molecular weight is 496 g/mol. The first-order valence-corrected chi connectivity index (χ1v) is 9.85. The predicted octanol–water partition coefficient (Wildman–Crippen LogP) is 5.70. The number of carbonyl (C=O) groups excluding carboxylic acids is 1. The summed E-state index contributed by atoms with van der Waals surface area (Å²) in [5.41, 5.74) is -0.173. The molecule has 32 heavy (non-hydrogen) atoms. The van der Waals surface area contributed by atoms with E-state index in [4.69, 9.17) is 23.2 Å². The summed E-state index contributed by atoms with van der Waals surface area (Å²) in [4.78, 5) is 12.5. The van der Waals surface area contributed by atoms with Gasteiger partial charge in [-0.05, 0) is 31.5 Å². The summed E-state index contributed by atoms with van der Waals surface area (Å²) in [5.74, 6) is -1.28. The SMILES string of the molecule is Cc1nn(Cc2ccc(F)cc2Cl)c(C)c1NC(=O)Cn1nc(C(F)F)c(Cl)c1C(F)F. The van der Waals surface area contributed by atoms with Crippen molar-refractivity contribution in [2.75, 3.05) is 5.32 Å². The molecule has 172 valence electrons. The third-order valence-corrected chi connectivity index (χ3v) is 5.38. The first-order valence-electron chi connectivity index (χ1n) is 9.09. The maximum atomic E-state index is 13.3. The van der Waals surface area contributed by atoms with Gasteiger partial charge in [-0.25, -0.2) is 22.0 Å². The topological polar surface area (TPSA) is 64.7 Å². The quantitative estimate of drug-likeness (QED) is 0.427. The monoisotopic (exact) mass is 495 g/mol. The molecule has 13 heteroatoms. The van der Waals surface area contributed by atoms with Crippen LogP contribution in [0.15, 0.2) is 18.2 Å².